The summed E-state index contributed by atoms with van der Waals surface area (Å²) in [5.41, 5.74) is 5.71. The van der Waals surface area contributed by atoms with Crippen molar-refractivity contribution < 1.29 is 9.47 Å². The third-order valence-corrected chi connectivity index (χ3v) is 2.46. The SMILES string of the molecule is CCCN(C)C(CN)CC(OC)OC. The molecule has 4 heteroatoms. The van der Waals surface area contributed by atoms with E-state index in [-0.39, 0.29) is 6.29 Å². The summed E-state index contributed by atoms with van der Waals surface area (Å²) in [7, 11) is 5.40. The van der Waals surface area contributed by atoms with Crippen LogP contribution in [0.5, 0.6) is 0 Å². The molecule has 0 aliphatic carbocycles. The Morgan fingerprint density at radius 1 is 1.29 bits per heavy atom. The average molecular weight is 204 g/mol. The van der Waals surface area contributed by atoms with E-state index in [2.05, 4.69) is 18.9 Å². The van der Waals surface area contributed by atoms with Gasteiger partial charge in [0.05, 0.1) is 0 Å². The molecule has 14 heavy (non-hydrogen) atoms. The maximum Gasteiger partial charge on any atom is 0.158 e. The van der Waals surface area contributed by atoms with E-state index in [1.165, 1.54) is 0 Å². The Labute approximate surface area is 87.4 Å². The zero-order chi connectivity index (χ0) is 11.0. The molecule has 0 aliphatic rings. The molecule has 0 radical (unpaired) electrons. The molecule has 86 valence electrons. The molecule has 0 aromatic heterocycles. The van der Waals surface area contributed by atoms with Crippen molar-refractivity contribution in [2.45, 2.75) is 32.1 Å². The topological polar surface area (TPSA) is 47.7 Å². The van der Waals surface area contributed by atoms with Gasteiger partial charge in [-0.2, -0.15) is 0 Å². The first-order valence-electron chi connectivity index (χ1n) is 5.15. The van der Waals surface area contributed by atoms with Crippen LogP contribution in [0.4, 0.5) is 0 Å². The average Bonchev–Trinajstić information content (AvgIpc) is 2.20. The van der Waals surface area contributed by atoms with Crippen LogP contribution in [0.3, 0.4) is 0 Å². The minimum atomic E-state index is -0.150. The van der Waals surface area contributed by atoms with Gasteiger partial charge in [0, 0.05) is 33.2 Å². The second kappa shape index (κ2) is 8.17. The molecular formula is C10H24N2O2. The Kier molecular flexibility index (Phi) is 8.08. The lowest BCUT2D eigenvalue weighted by molar-refractivity contribution is -0.115. The second-order valence-corrected chi connectivity index (χ2v) is 3.51. The molecule has 0 rings (SSSR count). The van der Waals surface area contributed by atoms with Gasteiger partial charge in [-0.3, -0.25) is 0 Å². The summed E-state index contributed by atoms with van der Waals surface area (Å²) in [5, 5.41) is 0. The molecule has 0 spiro atoms. The maximum absolute atomic E-state index is 5.71. The lowest BCUT2D eigenvalue weighted by Crippen LogP contribution is -2.41. The van der Waals surface area contributed by atoms with Crippen LogP contribution in [0, 0.1) is 0 Å². The minimum absolute atomic E-state index is 0.150. The van der Waals surface area contributed by atoms with Crippen molar-refractivity contribution >= 4 is 0 Å². The van der Waals surface area contributed by atoms with Gasteiger partial charge in [-0.15, -0.1) is 0 Å². The number of hydrogen-bond donors (Lipinski definition) is 1. The van der Waals surface area contributed by atoms with Crippen LogP contribution in [0.1, 0.15) is 19.8 Å². The quantitative estimate of drug-likeness (QED) is 0.590. The molecule has 0 aromatic carbocycles. The predicted molar refractivity (Wildman–Crippen MR) is 58.2 cm³/mol. The van der Waals surface area contributed by atoms with Crippen molar-refractivity contribution in [1.29, 1.82) is 0 Å². The Morgan fingerprint density at radius 3 is 2.21 bits per heavy atom. The van der Waals surface area contributed by atoms with E-state index in [0.29, 0.717) is 12.6 Å². The van der Waals surface area contributed by atoms with Gasteiger partial charge in [0.25, 0.3) is 0 Å². The van der Waals surface area contributed by atoms with Crippen LogP contribution >= 0.6 is 0 Å². The minimum Gasteiger partial charge on any atom is -0.356 e. The maximum atomic E-state index is 5.71. The van der Waals surface area contributed by atoms with Gasteiger partial charge in [-0.1, -0.05) is 6.92 Å². The van der Waals surface area contributed by atoms with Gasteiger partial charge in [0.1, 0.15) is 0 Å². The predicted octanol–water partition coefficient (Wildman–Crippen LogP) is 0.665. The summed E-state index contributed by atoms with van der Waals surface area (Å²) < 4.78 is 10.3. The third kappa shape index (κ3) is 4.91. The summed E-state index contributed by atoms with van der Waals surface area (Å²) in [6.45, 7) is 3.86. The first kappa shape index (κ1) is 13.8. The van der Waals surface area contributed by atoms with Crippen molar-refractivity contribution in [3.05, 3.63) is 0 Å². The van der Waals surface area contributed by atoms with E-state index in [1.54, 1.807) is 14.2 Å². The third-order valence-electron chi connectivity index (χ3n) is 2.46. The number of methoxy groups -OCH3 is 2. The van der Waals surface area contributed by atoms with E-state index in [1.807, 2.05) is 0 Å². The van der Waals surface area contributed by atoms with Crippen molar-refractivity contribution in [3.63, 3.8) is 0 Å². The number of ether oxygens (including phenoxy) is 2. The van der Waals surface area contributed by atoms with Gasteiger partial charge in [0.2, 0.25) is 0 Å². The fourth-order valence-electron chi connectivity index (χ4n) is 1.50. The molecule has 0 amide bonds. The molecule has 1 unspecified atom stereocenters. The summed E-state index contributed by atoms with van der Waals surface area (Å²) >= 11 is 0. The van der Waals surface area contributed by atoms with Crippen LogP contribution in [-0.4, -0.2) is 51.6 Å². The standard InChI is InChI=1S/C10H24N2O2/c1-5-6-12(2)9(8-11)7-10(13-3)14-4/h9-10H,5-8,11H2,1-4H3. The zero-order valence-corrected chi connectivity index (χ0v) is 9.82. The Balaban J connectivity index is 3.98. The molecular weight excluding hydrogens is 180 g/mol. The molecule has 1 atom stereocenters. The van der Waals surface area contributed by atoms with Crippen LogP contribution in [0.15, 0.2) is 0 Å². The number of nitrogens with zero attached hydrogens (tertiary/aromatic N) is 1. The van der Waals surface area contributed by atoms with Crippen molar-refractivity contribution in [2.24, 2.45) is 5.73 Å². The van der Waals surface area contributed by atoms with Crippen LogP contribution < -0.4 is 5.73 Å². The first-order chi connectivity index (χ1) is 6.69. The van der Waals surface area contributed by atoms with Gasteiger partial charge in [-0.05, 0) is 20.0 Å². The molecule has 0 bridgehead atoms. The number of likely N-dealkylation sites (N-methyl/N-ethyl adjacent to an activating group) is 1. The molecule has 0 fully saturated rings. The normalized spacial score (nSPS) is 13.9. The van der Waals surface area contributed by atoms with Crippen molar-refractivity contribution in [1.82, 2.24) is 4.90 Å². The van der Waals surface area contributed by atoms with E-state index in [9.17, 15) is 0 Å². The fraction of sp³-hybridized carbons (Fsp3) is 1.00. The van der Waals surface area contributed by atoms with E-state index in [0.717, 1.165) is 19.4 Å². The number of nitrogens with two attached hydrogens (primary N) is 1. The van der Waals surface area contributed by atoms with E-state index in [4.69, 9.17) is 15.2 Å². The highest BCUT2D eigenvalue weighted by Gasteiger charge is 2.17. The lowest BCUT2D eigenvalue weighted by atomic mass is 10.1. The van der Waals surface area contributed by atoms with E-state index >= 15 is 0 Å². The monoisotopic (exact) mass is 204 g/mol. The summed E-state index contributed by atoms with van der Waals surface area (Å²) in [5.74, 6) is 0. The van der Waals surface area contributed by atoms with E-state index < -0.39 is 0 Å². The highest BCUT2D eigenvalue weighted by molar-refractivity contribution is 4.70. The van der Waals surface area contributed by atoms with Gasteiger partial charge in [0.15, 0.2) is 6.29 Å². The first-order valence-corrected chi connectivity index (χ1v) is 5.15. The molecule has 0 heterocycles. The van der Waals surface area contributed by atoms with Crippen molar-refractivity contribution in [3.8, 4) is 0 Å². The molecule has 0 aliphatic heterocycles. The summed E-state index contributed by atoms with van der Waals surface area (Å²) in [4.78, 5) is 2.26. The van der Waals surface area contributed by atoms with Gasteiger partial charge < -0.3 is 20.1 Å². The van der Waals surface area contributed by atoms with Crippen molar-refractivity contribution in [2.75, 3.05) is 34.4 Å². The Hall–Kier alpha value is -0.160. The Morgan fingerprint density at radius 2 is 1.86 bits per heavy atom. The van der Waals surface area contributed by atoms with Crippen LogP contribution in [0.2, 0.25) is 0 Å². The summed E-state index contributed by atoms with van der Waals surface area (Å²) in [6, 6.07) is 0.333. The van der Waals surface area contributed by atoms with Crippen LogP contribution in [-0.2, 0) is 9.47 Å². The largest absolute Gasteiger partial charge is 0.356 e. The molecule has 4 nitrogen and oxygen atoms in total. The smallest absolute Gasteiger partial charge is 0.158 e. The fourth-order valence-corrected chi connectivity index (χ4v) is 1.50. The molecule has 0 aromatic rings. The second-order valence-electron chi connectivity index (χ2n) is 3.51. The number of hydrogen-bond acceptors (Lipinski definition) is 4. The Bertz CT molecular complexity index is 129. The lowest BCUT2D eigenvalue weighted by Gasteiger charge is -2.28. The highest BCUT2D eigenvalue weighted by atomic mass is 16.7. The number of rotatable bonds is 8. The van der Waals surface area contributed by atoms with Gasteiger partial charge in [-0.25, -0.2) is 0 Å². The zero-order valence-electron chi connectivity index (χ0n) is 9.82. The molecule has 2 N–H and O–H groups in total. The molecule has 0 saturated heterocycles. The van der Waals surface area contributed by atoms with Gasteiger partial charge >= 0.3 is 0 Å². The molecule has 0 saturated carbocycles. The highest BCUT2D eigenvalue weighted by Crippen LogP contribution is 2.07. The van der Waals surface area contributed by atoms with Crippen LogP contribution in [0.25, 0.3) is 0 Å². The summed E-state index contributed by atoms with van der Waals surface area (Å²) in [6.07, 6.45) is 1.81.